The highest BCUT2D eigenvalue weighted by atomic mass is 19.1. The van der Waals surface area contributed by atoms with E-state index in [1.165, 1.54) is 26.0 Å². The molecule has 0 aliphatic carbocycles. The number of carbonyl (C=O) groups is 3. The molecule has 27 heavy (non-hydrogen) atoms. The normalized spacial score (nSPS) is 11.6. The first kappa shape index (κ1) is 20.3. The Labute approximate surface area is 157 Å². The number of ether oxygens (including phenoxy) is 1. The lowest BCUT2D eigenvalue weighted by Gasteiger charge is -2.13. The van der Waals surface area contributed by atoms with Crippen molar-refractivity contribution in [2.24, 2.45) is 0 Å². The summed E-state index contributed by atoms with van der Waals surface area (Å²) < 4.78 is 18.7. The van der Waals surface area contributed by atoms with Gasteiger partial charge in [-0.25, -0.2) is 9.18 Å². The maximum Gasteiger partial charge on any atom is 0.338 e. The topological polar surface area (TPSA) is 72.5 Å². The third kappa shape index (κ3) is 5.74. The quantitative estimate of drug-likeness (QED) is 0.599. The first-order valence-corrected chi connectivity index (χ1v) is 8.62. The molecular formula is C21H22FNO4. The first-order chi connectivity index (χ1) is 12.8. The smallest absolute Gasteiger partial charge is 0.338 e. The van der Waals surface area contributed by atoms with Crippen LogP contribution in [0.3, 0.4) is 0 Å². The lowest BCUT2D eigenvalue weighted by atomic mass is 10.0. The molecule has 2 rings (SSSR count). The second kappa shape index (κ2) is 9.07. The zero-order chi connectivity index (χ0) is 20.0. The predicted octanol–water partition coefficient (Wildman–Crippen LogP) is 3.24. The van der Waals surface area contributed by atoms with Gasteiger partial charge in [-0.05, 0) is 43.5 Å². The lowest BCUT2D eigenvalue weighted by molar-refractivity contribution is -0.118. The van der Waals surface area contributed by atoms with E-state index in [4.69, 9.17) is 4.74 Å². The molecule has 0 bridgehead atoms. The minimum atomic E-state index is -0.993. The molecule has 0 aromatic heterocycles. The van der Waals surface area contributed by atoms with Crippen LogP contribution < -0.4 is 5.32 Å². The van der Waals surface area contributed by atoms with E-state index in [0.717, 1.165) is 11.6 Å². The van der Waals surface area contributed by atoms with Gasteiger partial charge in [0.1, 0.15) is 5.82 Å². The van der Waals surface area contributed by atoms with Gasteiger partial charge in [-0.3, -0.25) is 9.59 Å². The predicted molar refractivity (Wildman–Crippen MR) is 99.2 cm³/mol. The number of amides is 1. The van der Waals surface area contributed by atoms with E-state index >= 15 is 0 Å². The van der Waals surface area contributed by atoms with Crippen LogP contribution in [0.5, 0.6) is 0 Å². The van der Waals surface area contributed by atoms with Crippen molar-refractivity contribution in [2.45, 2.75) is 33.3 Å². The van der Waals surface area contributed by atoms with Crippen molar-refractivity contribution in [3.63, 3.8) is 0 Å². The summed E-state index contributed by atoms with van der Waals surface area (Å²) in [5, 5.41) is 2.70. The summed E-state index contributed by atoms with van der Waals surface area (Å²) in [6.45, 7) is 5.05. The maximum absolute atomic E-state index is 13.6. The molecule has 5 nitrogen and oxygen atoms in total. The Hall–Kier alpha value is -3.02. The molecule has 0 spiro atoms. The van der Waals surface area contributed by atoms with Crippen LogP contribution in [-0.4, -0.2) is 30.3 Å². The van der Waals surface area contributed by atoms with Gasteiger partial charge in [-0.2, -0.15) is 0 Å². The zero-order valence-electron chi connectivity index (χ0n) is 15.5. The van der Waals surface area contributed by atoms with E-state index in [1.54, 1.807) is 31.2 Å². The number of Topliss-reactive ketones (excluding diaryl/α,β-unsaturated/α-hetero) is 1. The van der Waals surface area contributed by atoms with E-state index < -0.39 is 17.9 Å². The largest absolute Gasteiger partial charge is 0.451 e. The minimum absolute atomic E-state index is 0.0612. The second-order valence-electron chi connectivity index (χ2n) is 6.31. The van der Waals surface area contributed by atoms with Gasteiger partial charge in [-0.15, -0.1) is 0 Å². The van der Waals surface area contributed by atoms with Crippen LogP contribution in [0.2, 0.25) is 0 Å². The van der Waals surface area contributed by atoms with Crippen molar-refractivity contribution in [3.05, 3.63) is 70.5 Å². The molecule has 0 unspecified atom stereocenters. The second-order valence-corrected chi connectivity index (χ2v) is 6.31. The number of ketones is 1. The van der Waals surface area contributed by atoms with E-state index in [-0.39, 0.29) is 17.3 Å². The molecule has 0 heterocycles. The molecule has 1 atom stereocenters. The Bertz CT molecular complexity index is 846. The highest BCUT2D eigenvalue weighted by molar-refractivity contribution is 6.01. The average Bonchev–Trinajstić information content (AvgIpc) is 2.63. The summed E-state index contributed by atoms with van der Waals surface area (Å²) in [5.41, 5.74) is 1.87. The number of carbonyl (C=O) groups excluding carboxylic acids is 3. The highest BCUT2D eigenvalue weighted by Crippen LogP contribution is 2.14. The van der Waals surface area contributed by atoms with Crippen LogP contribution >= 0.6 is 0 Å². The molecule has 0 aliphatic heterocycles. The van der Waals surface area contributed by atoms with Gasteiger partial charge in [0, 0.05) is 19.0 Å². The fraction of sp³-hybridized carbons (Fsp3) is 0.286. The molecule has 0 fully saturated rings. The van der Waals surface area contributed by atoms with Crippen LogP contribution in [-0.2, 0) is 16.0 Å². The summed E-state index contributed by atoms with van der Waals surface area (Å²) in [6, 6.07) is 10.9. The molecule has 2 aromatic rings. The van der Waals surface area contributed by atoms with Crippen molar-refractivity contribution in [3.8, 4) is 0 Å². The molecule has 2 aromatic carbocycles. The molecule has 0 aliphatic rings. The highest BCUT2D eigenvalue weighted by Gasteiger charge is 2.21. The van der Waals surface area contributed by atoms with Gasteiger partial charge in [-0.1, -0.05) is 30.3 Å². The Morgan fingerprint density at radius 1 is 1.07 bits per heavy atom. The van der Waals surface area contributed by atoms with E-state index in [2.05, 4.69) is 5.32 Å². The van der Waals surface area contributed by atoms with Gasteiger partial charge in [0.05, 0.1) is 5.56 Å². The molecule has 0 saturated carbocycles. The van der Waals surface area contributed by atoms with Crippen LogP contribution in [0.25, 0.3) is 0 Å². The lowest BCUT2D eigenvalue weighted by Crippen LogP contribution is -2.24. The average molecular weight is 371 g/mol. The summed E-state index contributed by atoms with van der Waals surface area (Å²) in [7, 11) is 0. The van der Waals surface area contributed by atoms with Gasteiger partial charge in [0.2, 0.25) is 11.7 Å². The Morgan fingerprint density at radius 2 is 1.70 bits per heavy atom. The van der Waals surface area contributed by atoms with Crippen molar-refractivity contribution in [1.82, 2.24) is 5.32 Å². The molecule has 1 amide bonds. The van der Waals surface area contributed by atoms with E-state index in [0.29, 0.717) is 24.1 Å². The van der Waals surface area contributed by atoms with Gasteiger partial charge in [0.15, 0.2) is 6.10 Å². The third-order valence-electron chi connectivity index (χ3n) is 4.09. The standard InChI is InChI=1S/C21H22FNO4/c1-13-4-7-18(12-19(13)22)21(26)27-14(2)20(25)17-8-5-16(6-9-17)10-11-23-15(3)24/h4-9,12,14H,10-11H2,1-3H3,(H,23,24)/t14-/m1/s1. The SMILES string of the molecule is CC(=O)NCCc1ccc(C(=O)[C@@H](C)OC(=O)c2ccc(C)c(F)c2)cc1. The molecule has 142 valence electrons. The summed E-state index contributed by atoms with van der Waals surface area (Å²) in [5.74, 6) is -1.69. The summed E-state index contributed by atoms with van der Waals surface area (Å²) >= 11 is 0. The molecule has 0 radical (unpaired) electrons. The van der Waals surface area contributed by atoms with Gasteiger partial charge >= 0.3 is 5.97 Å². The Morgan fingerprint density at radius 3 is 2.30 bits per heavy atom. The van der Waals surface area contributed by atoms with Crippen LogP contribution in [0.4, 0.5) is 4.39 Å². The molecule has 0 saturated heterocycles. The first-order valence-electron chi connectivity index (χ1n) is 8.62. The maximum atomic E-state index is 13.6. The number of benzene rings is 2. The zero-order valence-corrected chi connectivity index (χ0v) is 15.5. The number of hydrogen-bond donors (Lipinski definition) is 1. The van der Waals surface area contributed by atoms with Gasteiger partial charge < -0.3 is 10.1 Å². The van der Waals surface area contributed by atoms with Crippen molar-refractivity contribution in [1.29, 1.82) is 0 Å². The Kier molecular flexibility index (Phi) is 6.82. The van der Waals surface area contributed by atoms with E-state index in [1.807, 2.05) is 0 Å². The summed E-state index contributed by atoms with van der Waals surface area (Å²) in [4.78, 5) is 35.4. The molecule has 1 N–H and O–H groups in total. The fourth-order valence-corrected chi connectivity index (χ4v) is 2.46. The fourth-order valence-electron chi connectivity index (χ4n) is 2.46. The Balaban J connectivity index is 1.96. The van der Waals surface area contributed by atoms with Crippen molar-refractivity contribution >= 4 is 17.7 Å². The molecular weight excluding hydrogens is 349 g/mol. The van der Waals surface area contributed by atoms with Crippen LogP contribution in [0, 0.1) is 12.7 Å². The number of hydrogen-bond acceptors (Lipinski definition) is 4. The number of aryl methyl sites for hydroxylation is 1. The van der Waals surface area contributed by atoms with E-state index in [9.17, 15) is 18.8 Å². The monoisotopic (exact) mass is 371 g/mol. The minimum Gasteiger partial charge on any atom is -0.451 e. The molecule has 6 heteroatoms. The summed E-state index contributed by atoms with van der Waals surface area (Å²) in [6.07, 6.45) is -0.343. The third-order valence-corrected chi connectivity index (χ3v) is 4.09. The number of esters is 1. The number of nitrogens with one attached hydrogen (secondary N) is 1. The van der Waals surface area contributed by atoms with Crippen LogP contribution in [0.15, 0.2) is 42.5 Å². The van der Waals surface area contributed by atoms with Crippen LogP contribution in [0.1, 0.15) is 45.7 Å². The number of halogens is 1. The number of rotatable bonds is 7. The van der Waals surface area contributed by atoms with Crippen molar-refractivity contribution in [2.75, 3.05) is 6.54 Å². The van der Waals surface area contributed by atoms with Gasteiger partial charge in [0.25, 0.3) is 0 Å². The van der Waals surface area contributed by atoms with Crippen molar-refractivity contribution < 1.29 is 23.5 Å².